The summed E-state index contributed by atoms with van der Waals surface area (Å²) in [5.41, 5.74) is 7.18. The van der Waals surface area contributed by atoms with Crippen molar-refractivity contribution in [1.82, 2.24) is 0 Å². The van der Waals surface area contributed by atoms with Gasteiger partial charge >= 0.3 is 0 Å². The quantitative estimate of drug-likeness (QED) is 0.201. The maximum Gasteiger partial charge on any atom is 0.0339 e. The fraction of sp³-hybridized carbons (Fsp3) is 0. The van der Waals surface area contributed by atoms with Crippen molar-refractivity contribution >= 4 is 53.4 Å². The van der Waals surface area contributed by atoms with E-state index in [2.05, 4.69) is 153 Å². The molecule has 0 bridgehead atoms. The lowest BCUT2D eigenvalue weighted by Crippen LogP contribution is -1.93. The van der Waals surface area contributed by atoms with Crippen LogP contribution in [0.1, 0.15) is 0 Å². The van der Waals surface area contributed by atoms with E-state index in [4.69, 9.17) is 0 Å². The number of hydrogen-bond acceptors (Lipinski definition) is 0. The van der Waals surface area contributed by atoms with Crippen LogP contribution in [0.2, 0.25) is 0 Å². The summed E-state index contributed by atoms with van der Waals surface area (Å²) in [5.74, 6) is 0. The van der Waals surface area contributed by atoms with Gasteiger partial charge < -0.3 is 0 Å². The highest BCUT2D eigenvalue weighted by Crippen LogP contribution is 2.49. The average molecular weight is 564 g/mol. The lowest BCUT2D eigenvalue weighted by atomic mass is 9.88. The molecule has 6 aromatic carbocycles. The lowest BCUT2D eigenvalue weighted by molar-refractivity contribution is 1.57. The Labute approximate surface area is 216 Å². The summed E-state index contributed by atoms with van der Waals surface area (Å²) in [7, 11) is 0. The first kappa shape index (κ1) is 21.3. The molecule has 6 aromatic rings. The summed E-state index contributed by atoms with van der Waals surface area (Å²) in [6.07, 6.45) is 0. The van der Waals surface area contributed by atoms with Crippen LogP contribution in [0.25, 0.3) is 54.9 Å². The van der Waals surface area contributed by atoms with Gasteiger partial charge in [0.2, 0.25) is 0 Å². The number of halogens is 2. The van der Waals surface area contributed by atoms with E-state index >= 15 is 0 Å². The zero-order valence-corrected chi connectivity index (χ0v) is 21.5. The minimum absolute atomic E-state index is 1.11. The molecule has 0 aliphatic carbocycles. The Balaban J connectivity index is 1.78. The van der Waals surface area contributed by atoms with Crippen LogP contribution in [0.15, 0.2) is 130 Å². The van der Waals surface area contributed by atoms with Gasteiger partial charge in [-0.2, -0.15) is 0 Å². The van der Waals surface area contributed by atoms with Gasteiger partial charge in [0.1, 0.15) is 0 Å². The molecule has 2 heteroatoms. The third kappa shape index (κ3) is 3.58. The number of fused-ring (bicyclic) bond motifs is 2. The molecule has 0 aromatic heterocycles. The minimum Gasteiger partial charge on any atom is -0.0622 e. The molecule has 162 valence electrons. The standard InChI is InChI=1S/C32H20Br2/c33-31-27(21-11-3-1-4-12-21)19-23-15-7-9-17-25(23)29(31)30-26-18-10-8-16-24(26)20-28(32(30)34)22-13-5-2-6-14-22/h1-20H. The van der Waals surface area contributed by atoms with Gasteiger partial charge in [-0.1, -0.05) is 109 Å². The highest BCUT2D eigenvalue weighted by molar-refractivity contribution is 9.11. The van der Waals surface area contributed by atoms with Crippen molar-refractivity contribution in [3.8, 4) is 33.4 Å². The van der Waals surface area contributed by atoms with Gasteiger partial charge in [0.05, 0.1) is 0 Å². The Bertz CT molecular complexity index is 1530. The van der Waals surface area contributed by atoms with Crippen LogP contribution in [0.4, 0.5) is 0 Å². The first-order valence-electron chi connectivity index (χ1n) is 11.3. The average Bonchev–Trinajstić information content (AvgIpc) is 2.90. The van der Waals surface area contributed by atoms with Gasteiger partial charge in [-0.15, -0.1) is 0 Å². The zero-order valence-electron chi connectivity index (χ0n) is 18.3. The predicted octanol–water partition coefficient (Wildman–Crippen LogP) is 10.5. The van der Waals surface area contributed by atoms with Crippen molar-refractivity contribution in [3.63, 3.8) is 0 Å². The van der Waals surface area contributed by atoms with Crippen LogP contribution < -0.4 is 0 Å². The Morgan fingerprint density at radius 3 is 1.15 bits per heavy atom. The van der Waals surface area contributed by atoms with E-state index in [-0.39, 0.29) is 0 Å². The first-order valence-corrected chi connectivity index (χ1v) is 12.8. The summed E-state index contributed by atoms with van der Waals surface area (Å²) >= 11 is 8.11. The van der Waals surface area contributed by atoms with E-state index in [0.29, 0.717) is 0 Å². The summed E-state index contributed by atoms with van der Waals surface area (Å²) in [5, 5.41) is 4.90. The fourth-order valence-electron chi connectivity index (χ4n) is 4.79. The first-order chi connectivity index (χ1) is 16.7. The van der Waals surface area contributed by atoms with Crippen LogP contribution in [0.5, 0.6) is 0 Å². The maximum atomic E-state index is 4.06. The number of rotatable bonds is 3. The molecule has 0 atom stereocenters. The van der Waals surface area contributed by atoms with E-state index in [9.17, 15) is 0 Å². The smallest absolute Gasteiger partial charge is 0.0339 e. The molecule has 0 nitrogen and oxygen atoms in total. The molecule has 0 unspecified atom stereocenters. The topological polar surface area (TPSA) is 0 Å². The maximum absolute atomic E-state index is 4.06. The van der Waals surface area contributed by atoms with E-state index < -0.39 is 0 Å². The normalized spacial score (nSPS) is 11.2. The van der Waals surface area contributed by atoms with Crippen molar-refractivity contribution in [2.45, 2.75) is 0 Å². The number of hydrogen-bond donors (Lipinski definition) is 0. The molecule has 0 heterocycles. The van der Waals surface area contributed by atoms with E-state index in [0.717, 1.165) is 8.95 Å². The second-order valence-corrected chi connectivity index (χ2v) is 9.99. The van der Waals surface area contributed by atoms with Gasteiger partial charge in [0.15, 0.2) is 0 Å². The predicted molar refractivity (Wildman–Crippen MR) is 153 cm³/mol. The summed E-state index contributed by atoms with van der Waals surface area (Å²) in [6.45, 7) is 0. The van der Waals surface area contributed by atoms with Crippen molar-refractivity contribution in [2.75, 3.05) is 0 Å². The summed E-state index contributed by atoms with van der Waals surface area (Å²) < 4.78 is 2.21. The lowest BCUT2D eigenvalue weighted by Gasteiger charge is -2.20. The molecule has 34 heavy (non-hydrogen) atoms. The Kier molecular flexibility index (Phi) is 5.57. The largest absolute Gasteiger partial charge is 0.0622 e. The van der Waals surface area contributed by atoms with Gasteiger partial charge in [-0.3, -0.25) is 0 Å². The fourth-order valence-corrected chi connectivity index (χ4v) is 6.30. The van der Waals surface area contributed by atoms with E-state index in [1.54, 1.807) is 0 Å². The minimum atomic E-state index is 1.11. The van der Waals surface area contributed by atoms with Crippen LogP contribution in [0, 0.1) is 0 Å². The molecule has 0 aliphatic heterocycles. The van der Waals surface area contributed by atoms with Crippen molar-refractivity contribution in [3.05, 3.63) is 130 Å². The molecule has 0 N–H and O–H groups in total. The van der Waals surface area contributed by atoms with Gasteiger partial charge in [0.25, 0.3) is 0 Å². The van der Waals surface area contributed by atoms with Crippen LogP contribution in [-0.4, -0.2) is 0 Å². The molecule has 6 rings (SSSR count). The molecule has 0 saturated carbocycles. The second kappa shape index (κ2) is 8.87. The Morgan fingerprint density at radius 1 is 0.382 bits per heavy atom. The van der Waals surface area contributed by atoms with E-state index in [1.807, 2.05) is 0 Å². The zero-order chi connectivity index (χ0) is 23.1. The molecular formula is C32H20Br2. The third-order valence-corrected chi connectivity index (χ3v) is 8.04. The summed E-state index contributed by atoms with van der Waals surface area (Å²) in [6, 6.07) is 43.1. The molecular weight excluding hydrogens is 544 g/mol. The van der Waals surface area contributed by atoms with Crippen LogP contribution in [-0.2, 0) is 0 Å². The highest BCUT2D eigenvalue weighted by Gasteiger charge is 2.21. The second-order valence-electron chi connectivity index (χ2n) is 8.40. The highest BCUT2D eigenvalue weighted by atomic mass is 79.9. The van der Waals surface area contributed by atoms with Crippen molar-refractivity contribution in [2.24, 2.45) is 0 Å². The molecule has 0 spiro atoms. The van der Waals surface area contributed by atoms with Crippen LogP contribution >= 0.6 is 31.9 Å². The number of benzene rings is 6. The van der Waals surface area contributed by atoms with Gasteiger partial charge in [-0.25, -0.2) is 0 Å². The molecule has 0 fully saturated rings. The van der Waals surface area contributed by atoms with Crippen LogP contribution in [0.3, 0.4) is 0 Å². The molecule has 0 saturated heterocycles. The van der Waals surface area contributed by atoms with Gasteiger partial charge in [-0.05, 0) is 87.8 Å². The SMILES string of the molecule is Brc1c(-c2ccccc2)cc2ccccc2c1-c1c(Br)c(-c2ccccc2)cc2ccccc12. The third-order valence-electron chi connectivity index (χ3n) is 6.39. The molecule has 0 amide bonds. The molecule has 0 aliphatic rings. The van der Waals surface area contributed by atoms with Crippen molar-refractivity contribution in [1.29, 1.82) is 0 Å². The Morgan fingerprint density at radius 2 is 0.735 bits per heavy atom. The Hall–Kier alpha value is -3.20. The monoisotopic (exact) mass is 562 g/mol. The summed E-state index contributed by atoms with van der Waals surface area (Å²) in [4.78, 5) is 0. The van der Waals surface area contributed by atoms with E-state index in [1.165, 1.54) is 54.9 Å². The van der Waals surface area contributed by atoms with Crippen molar-refractivity contribution < 1.29 is 0 Å². The molecule has 0 radical (unpaired) electrons. The van der Waals surface area contributed by atoms with Gasteiger partial charge in [0, 0.05) is 20.1 Å².